The van der Waals surface area contributed by atoms with Crippen LogP contribution in [0.1, 0.15) is 16.8 Å². The van der Waals surface area contributed by atoms with E-state index < -0.39 is 0 Å². The molecule has 0 aliphatic carbocycles. The second-order valence-electron chi connectivity index (χ2n) is 3.43. The Morgan fingerprint density at radius 2 is 2.43 bits per heavy atom. The van der Waals surface area contributed by atoms with Gasteiger partial charge in [0.15, 0.2) is 0 Å². The number of likely N-dealkylation sites (tertiary alicyclic amines) is 1. The molecule has 1 saturated heterocycles. The smallest absolute Gasteiger partial charge is 0.255 e. The quantitative estimate of drug-likeness (QED) is 0.660. The van der Waals surface area contributed by atoms with Crippen molar-refractivity contribution < 1.29 is 4.79 Å². The van der Waals surface area contributed by atoms with E-state index in [1.165, 1.54) is 12.4 Å². The summed E-state index contributed by atoms with van der Waals surface area (Å²) in [6.07, 6.45) is 3.87. The van der Waals surface area contributed by atoms with Gasteiger partial charge in [0.2, 0.25) is 0 Å². The third kappa shape index (κ3) is 1.72. The first-order valence-corrected chi connectivity index (χ1v) is 4.59. The maximum Gasteiger partial charge on any atom is 0.255 e. The summed E-state index contributed by atoms with van der Waals surface area (Å²) >= 11 is 0. The van der Waals surface area contributed by atoms with E-state index in [0.29, 0.717) is 12.1 Å². The summed E-state index contributed by atoms with van der Waals surface area (Å²) in [5, 5.41) is 7.29. The van der Waals surface area contributed by atoms with Crippen molar-refractivity contribution in [2.75, 3.05) is 13.1 Å². The molecule has 1 aromatic rings. The molecule has 74 valence electrons. The van der Waals surface area contributed by atoms with Gasteiger partial charge in [-0.1, -0.05) is 0 Å². The molecule has 2 heterocycles. The number of nitrogens with zero attached hydrogens (tertiary/aromatic N) is 3. The Bertz CT molecular complexity index is 327. The minimum Gasteiger partial charge on any atom is -0.337 e. The van der Waals surface area contributed by atoms with Gasteiger partial charge in [-0.3, -0.25) is 4.79 Å². The van der Waals surface area contributed by atoms with Crippen molar-refractivity contribution >= 4 is 5.91 Å². The predicted molar refractivity (Wildman–Crippen MR) is 50.5 cm³/mol. The standard InChI is InChI=1S/C9H12N4O/c10-8-2-4-13(6-8)9(14)7-1-3-11-12-5-7/h1,3,5,8H,2,4,6,10H2. The fourth-order valence-electron chi connectivity index (χ4n) is 1.57. The maximum absolute atomic E-state index is 11.8. The van der Waals surface area contributed by atoms with Crippen molar-refractivity contribution in [1.82, 2.24) is 15.1 Å². The Balaban J connectivity index is 2.10. The molecule has 0 saturated carbocycles. The highest BCUT2D eigenvalue weighted by Gasteiger charge is 2.24. The average molecular weight is 192 g/mol. The van der Waals surface area contributed by atoms with E-state index in [9.17, 15) is 4.79 Å². The van der Waals surface area contributed by atoms with E-state index in [1.807, 2.05) is 0 Å². The number of rotatable bonds is 1. The molecule has 1 fully saturated rings. The van der Waals surface area contributed by atoms with Crippen molar-refractivity contribution in [3.05, 3.63) is 24.0 Å². The van der Waals surface area contributed by atoms with E-state index in [0.717, 1.165) is 13.0 Å². The van der Waals surface area contributed by atoms with Crippen LogP contribution in [0.5, 0.6) is 0 Å². The Morgan fingerprint density at radius 3 is 3.00 bits per heavy atom. The highest BCUT2D eigenvalue weighted by Crippen LogP contribution is 2.10. The van der Waals surface area contributed by atoms with Crippen molar-refractivity contribution in [1.29, 1.82) is 0 Å². The lowest BCUT2D eigenvalue weighted by Gasteiger charge is -2.14. The van der Waals surface area contributed by atoms with Crippen LogP contribution in [-0.4, -0.2) is 40.1 Å². The SMILES string of the molecule is NC1CCN(C(=O)c2ccnnc2)C1. The van der Waals surface area contributed by atoms with Gasteiger partial charge in [-0.2, -0.15) is 10.2 Å². The summed E-state index contributed by atoms with van der Waals surface area (Å²) < 4.78 is 0. The van der Waals surface area contributed by atoms with Gasteiger partial charge in [-0.25, -0.2) is 0 Å². The summed E-state index contributed by atoms with van der Waals surface area (Å²) in [5.74, 6) is -0.00662. The monoisotopic (exact) mass is 192 g/mol. The lowest BCUT2D eigenvalue weighted by molar-refractivity contribution is 0.0790. The summed E-state index contributed by atoms with van der Waals surface area (Å²) in [4.78, 5) is 13.5. The lowest BCUT2D eigenvalue weighted by Crippen LogP contribution is -2.31. The van der Waals surface area contributed by atoms with Gasteiger partial charge in [-0.15, -0.1) is 0 Å². The molecule has 0 spiro atoms. The first-order chi connectivity index (χ1) is 6.77. The van der Waals surface area contributed by atoms with Crippen molar-refractivity contribution in [3.8, 4) is 0 Å². The number of carbonyl (C=O) groups excluding carboxylic acids is 1. The topological polar surface area (TPSA) is 72.1 Å². The Hall–Kier alpha value is -1.49. The number of amides is 1. The zero-order valence-corrected chi connectivity index (χ0v) is 7.76. The Kier molecular flexibility index (Phi) is 2.41. The van der Waals surface area contributed by atoms with Crippen LogP contribution in [0.4, 0.5) is 0 Å². The fraction of sp³-hybridized carbons (Fsp3) is 0.444. The highest BCUT2D eigenvalue weighted by molar-refractivity contribution is 5.93. The fourth-order valence-corrected chi connectivity index (χ4v) is 1.57. The van der Waals surface area contributed by atoms with Crippen molar-refractivity contribution in [2.24, 2.45) is 5.73 Å². The maximum atomic E-state index is 11.8. The first-order valence-electron chi connectivity index (χ1n) is 4.59. The van der Waals surface area contributed by atoms with Gasteiger partial charge in [0.25, 0.3) is 5.91 Å². The van der Waals surface area contributed by atoms with Crippen LogP contribution in [0.2, 0.25) is 0 Å². The predicted octanol–water partition coefficient (Wildman–Crippen LogP) is -0.350. The minimum atomic E-state index is -0.00662. The van der Waals surface area contributed by atoms with Gasteiger partial charge in [-0.05, 0) is 12.5 Å². The van der Waals surface area contributed by atoms with Crippen LogP contribution in [0.25, 0.3) is 0 Å². The van der Waals surface area contributed by atoms with Crippen LogP contribution in [0.15, 0.2) is 18.5 Å². The van der Waals surface area contributed by atoms with Crippen molar-refractivity contribution in [3.63, 3.8) is 0 Å². The molecule has 14 heavy (non-hydrogen) atoms. The number of aromatic nitrogens is 2. The largest absolute Gasteiger partial charge is 0.337 e. The van der Waals surface area contributed by atoms with E-state index in [2.05, 4.69) is 10.2 Å². The number of hydrogen-bond donors (Lipinski definition) is 1. The molecule has 1 atom stereocenters. The van der Waals surface area contributed by atoms with Gasteiger partial charge in [0.1, 0.15) is 0 Å². The molecular weight excluding hydrogens is 180 g/mol. The zero-order valence-electron chi connectivity index (χ0n) is 7.76. The highest BCUT2D eigenvalue weighted by atomic mass is 16.2. The van der Waals surface area contributed by atoms with Gasteiger partial charge < -0.3 is 10.6 Å². The number of hydrogen-bond acceptors (Lipinski definition) is 4. The van der Waals surface area contributed by atoms with Crippen LogP contribution in [-0.2, 0) is 0 Å². The molecule has 1 aliphatic rings. The second kappa shape index (κ2) is 3.71. The molecule has 0 aromatic carbocycles. The Labute approximate surface area is 81.9 Å². The molecule has 1 aromatic heterocycles. The second-order valence-corrected chi connectivity index (χ2v) is 3.43. The van der Waals surface area contributed by atoms with Crippen molar-refractivity contribution in [2.45, 2.75) is 12.5 Å². The molecule has 2 rings (SSSR count). The summed E-state index contributed by atoms with van der Waals surface area (Å²) in [6.45, 7) is 1.38. The summed E-state index contributed by atoms with van der Waals surface area (Å²) in [5.41, 5.74) is 6.30. The van der Waals surface area contributed by atoms with Crippen LogP contribution in [0.3, 0.4) is 0 Å². The molecule has 0 bridgehead atoms. The van der Waals surface area contributed by atoms with Crippen LogP contribution in [0, 0.1) is 0 Å². The molecule has 1 amide bonds. The lowest BCUT2D eigenvalue weighted by atomic mass is 10.3. The molecule has 5 heteroatoms. The van der Waals surface area contributed by atoms with E-state index in [4.69, 9.17) is 5.73 Å². The average Bonchev–Trinajstić information content (AvgIpc) is 2.65. The molecule has 1 unspecified atom stereocenters. The third-order valence-corrected chi connectivity index (χ3v) is 2.34. The summed E-state index contributed by atoms with van der Waals surface area (Å²) in [6, 6.07) is 1.79. The van der Waals surface area contributed by atoms with E-state index in [-0.39, 0.29) is 11.9 Å². The Morgan fingerprint density at radius 1 is 1.57 bits per heavy atom. The normalized spacial score (nSPS) is 21.2. The third-order valence-electron chi connectivity index (χ3n) is 2.34. The van der Waals surface area contributed by atoms with Gasteiger partial charge >= 0.3 is 0 Å². The summed E-state index contributed by atoms with van der Waals surface area (Å²) in [7, 11) is 0. The molecular formula is C9H12N4O. The molecule has 2 N–H and O–H groups in total. The van der Waals surface area contributed by atoms with Gasteiger partial charge in [0, 0.05) is 19.1 Å². The van der Waals surface area contributed by atoms with E-state index in [1.54, 1.807) is 11.0 Å². The minimum absolute atomic E-state index is 0.00662. The number of nitrogens with two attached hydrogens (primary N) is 1. The molecule has 5 nitrogen and oxygen atoms in total. The zero-order chi connectivity index (χ0) is 9.97. The molecule has 0 radical (unpaired) electrons. The first kappa shape index (κ1) is 9.08. The van der Waals surface area contributed by atoms with Gasteiger partial charge in [0.05, 0.1) is 18.0 Å². The van der Waals surface area contributed by atoms with Crippen LogP contribution >= 0.6 is 0 Å². The van der Waals surface area contributed by atoms with E-state index >= 15 is 0 Å². The number of carbonyl (C=O) groups is 1. The molecule has 1 aliphatic heterocycles. The van der Waals surface area contributed by atoms with Crippen LogP contribution < -0.4 is 5.73 Å².